The van der Waals surface area contributed by atoms with Crippen molar-refractivity contribution in [3.8, 4) is 11.8 Å². The zero-order valence-electron chi connectivity index (χ0n) is 11.2. The highest BCUT2D eigenvalue weighted by atomic mass is 32.1. The van der Waals surface area contributed by atoms with Crippen LogP contribution in [0.1, 0.15) is 47.2 Å². The molecule has 0 unspecified atom stereocenters. The van der Waals surface area contributed by atoms with Crippen molar-refractivity contribution in [1.29, 1.82) is 0 Å². The van der Waals surface area contributed by atoms with Crippen molar-refractivity contribution in [1.82, 2.24) is 4.90 Å². The summed E-state index contributed by atoms with van der Waals surface area (Å²) in [7, 11) is 0. The fourth-order valence-corrected chi connectivity index (χ4v) is 2.78. The lowest BCUT2D eigenvalue weighted by Crippen LogP contribution is -2.33. The predicted molar refractivity (Wildman–Crippen MR) is 77.2 cm³/mol. The molecule has 1 aromatic rings. The van der Waals surface area contributed by atoms with Crippen molar-refractivity contribution >= 4 is 17.2 Å². The number of hydrogen-bond donors (Lipinski definition) is 1. The van der Waals surface area contributed by atoms with Crippen molar-refractivity contribution in [2.24, 2.45) is 0 Å². The first-order valence-corrected chi connectivity index (χ1v) is 7.58. The van der Waals surface area contributed by atoms with Crippen LogP contribution in [-0.4, -0.2) is 35.1 Å². The van der Waals surface area contributed by atoms with Gasteiger partial charge in [-0.1, -0.05) is 18.8 Å². The van der Waals surface area contributed by atoms with Crippen LogP contribution < -0.4 is 0 Å². The van der Waals surface area contributed by atoms with E-state index < -0.39 is 0 Å². The van der Waals surface area contributed by atoms with Gasteiger partial charge in [0.05, 0.1) is 16.4 Å². The summed E-state index contributed by atoms with van der Waals surface area (Å²) < 4.78 is 0. The normalized spacial score (nSPS) is 13.8. The molecule has 1 aliphatic rings. The summed E-state index contributed by atoms with van der Waals surface area (Å²) in [5.41, 5.74) is 0. The topological polar surface area (TPSA) is 40.5 Å². The Hall–Kier alpha value is -1.31. The number of aliphatic hydroxyl groups is 1. The number of thiophene rings is 1. The average Bonchev–Trinajstić information content (AvgIpc) is 3.14. The van der Waals surface area contributed by atoms with Crippen LogP contribution in [0.3, 0.4) is 0 Å². The highest BCUT2D eigenvalue weighted by Gasteiger charge is 2.32. The molecule has 1 aliphatic carbocycles. The van der Waals surface area contributed by atoms with Gasteiger partial charge < -0.3 is 10.0 Å². The lowest BCUT2D eigenvalue weighted by atomic mass is 10.3. The molecule has 0 aromatic carbocycles. The van der Waals surface area contributed by atoms with Crippen molar-refractivity contribution in [3.05, 3.63) is 21.9 Å². The summed E-state index contributed by atoms with van der Waals surface area (Å²) in [6.45, 7) is 3.02. The summed E-state index contributed by atoms with van der Waals surface area (Å²) in [5.74, 6) is 6.00. The van der Waals surface area contributed by atoms with Crippen LogP contribution >= 0.6 is 11.3 Å². The van der Waals surface area contributed by atoms with Crippen LogP contribution in [0.2, 0.25) is 0 Å². The Morgan fingerprint density at radius 2 is 2.32 bits per heavy atom. The third-order valence-electron chi connectivity index (χ3n) is 2.98. The second-order valence-electron chi connectivity index (χ2n) is 4.67. The van der Waals surface area contributed by atoms with Crippen molar-refractivity contribution in [2.45, 2.75) is 38.6 Å². The van der Waals surface area contributed by atoms with E-state index in [-0.39, 0.29) is 12.5 Å². The highest BCUT2D eigenvalue weighted by molar-refractivity contribution is 7.14. The third-order valence-corrected chi connectivity index (χ3v) is 3.97. The molecule has 1 saturated carbocycles. The maximum Gasteiger partial charge on any atom is 0.264 e. The zero-order chi connectivity index (χ0) is 13.7. The van der Waals surface area contributed by atoms with Gasteiger partial charge in [-0.2, -0.15) is 0 Å². The van der Waals surface area contributed by atoms with E-state index in [9.17, 15) is 4.79 Å². The molecular formula is C15H19NO2S. The molecule has 0 spiro atoms. The van der Waals surface area contributed by atoms with Crippen LogP contribution in [0.15, 0.2) is 12.1 Å². The van der Waals surface area contributed by atoms with E-state index in [1.807, 2.05) is 17.0 Å². The van der Waals surface area contributed by atoms with Crippen molar-refractivity contribution in [3.63, 3.8) is 0 Å². The van der Waals surface area contributed by atoms with Gasteiger partial charge in [0.1, 0.15) is 0 Å². The number of rotatable bonds is 5. The fraction of sp³-hybridized carbons (Fsp3) is 0.533. The molecule has 19 heavy (non-hydrogen) atoms. The highest BCUT2D eigenvalue weighted by Crippen LogP contribution is 2.29. The molecule has 4 heteroatoms. The van der Waals surface area contributed by atoms with E-state index in [0.717, 1.165) is 35.6 Å². The summed E-state index contributed by atoms with van der Waals surface area (Å²) in [5, 5.41) is 8.68. The molecular weight excluding hydrogens is 258 g/mol. The molecule has 2 rings (SSSR count). The van der Waals surface area contributed by atoms with E-state index in [1.54, 1.807) is 0 Å². The van der Waals surface area contributed by atoms with E-state index in [0.29, 0.717) is 12.5 Å². The van der Waals surface area contributed by atoms with Crippen LogP contribution in [-0.2, 0) is 0 Å². The maximum absolute atomic E-state index is 12.4. The Kier molecular flexibility index (Phi) is 5.00. The largest absolute Gasteiger partial charge is 0.395 e. The summed E-state index contributed by atoms with van der Waals surface area (Å²) in [6.07, 6.45) is 3.75. The maximum atomic E-state index is 12.4. The first-order chi connectivity index (χ1) is 9.26. The van der Waals surface area contributed by atoms with Gasteiger partial charge in [-0.3, -0.25) is 4.79 Å². The number of nitrogens with zero attached hydrogens (tertiary/aromatic N) is 1. The molecule has 1 fully saturated rings. The van der Waals surface area contributed by atoms with Crippen molar-refractivity contribution in [2.75, 3.05) is 13.2 Å². The fourth-order valence-electron chi connectivity index (χ4n) is 1.94. The van der Waals surface area contributed by atoms with Gasteiger partial charge in [0.25, 0.3) is 5.91 Å². The van der Waals surface area contributed by atoms with Gasteiger partial charge in [-0.15, -0.1) is 11.3 Å². The lowest BCUT2D eigenvalue weighted by molar-refractivity contribution is 0.0748. The van der Waals surface area contributed by atoms with Crippen molar-refractivity contribution < 1.29 is 9.90 Å². The monoisotopic (exact) mass is 277 g/mol. The van der Waals surface area contributed by atoms with E-state index in [4.69, 9.17) is 5.11 Å². The van der Waals surface area contributed by atoms with E-state index >= 15 is 0 Å². The molecule has 0 atom stereocenters. The smallest absolute Gasteiger partial charge is 0.264 e. The quantitative estimate of drug-likeness (QED) is 0.840. The SMILES string of the molecule is CCCN(C(=O)c1ccc(C#CCCO)s1)C1CC1. The third kappa shape index (κ3) is 3.82. The Morgan fingerprint density at radius 3 is 2.95 bits per heavy atom. The molecule has 102 valence electrons. The summed E-state index contributed by atoms with van der Waals surface area (Å²) in [6, 6.07) is 4.21. The molecule has 1 amide bonds. The second-order valence-corrected chi connectivity index (χ2v) is 5.75. The number of aliphatic hydroxyl groups excluding tert-OH is 1. The van der Waals surface area contributed by atoms with Gasteiger partial charge in [0.2, 0.25) is 0 Å². The minimum Gasteiger partial charge on any atom is -0.395 e. The molecule has 1 heterocycles. The zero-order valence-corrected chi connectivity index (χ0v) is 12.0. The van der Waals surface area contributed by atoms with Gasteiger partial charge >= 0.3 is 0 Å². The van der Waals surface area contributed by atoms with Crippen LogP contribution in [0, 0.1) is 11.8 Å². The standard InChI is InChI=1S/C15H19NO2S/c1-2-10-16(12-6-7-12)15(18)14-9-8-13(19-14)5-3-4-11-17/h8-9,12,17H,2,4,6-7,10-11H2,1H3. The number of carbonyl (C=O) groups excluding carboxylic acids is 1. The average molecular weight is 277 g/mol. The minimum absolute atomic E-state index is 0.0795. The number of hydrogen-bond acceptors (Lipinski definition) is 3. The van der Waals surface area contributed by atoms with E-state index in [1.165, 1.54) is 11.3 Å². The van der Waals surface area contributed by atoms with Gasteiger partial charge in [0.15, 0.2) is 0 Å². The second kappa shape index (κ2) is 6.74. The van der Waals surface area contributed by atoms with Gasteiger partial charge in [-0.25, -0.2) is 0 Å². The Balaban J connectivity index is 2.04. The molecule has 0 bridgehead atoms. The minimum atomic E-state index is 0.0795. The first kappa shape index (κ1) is 14.1. The van der Waals surface area contributed by atoms with Crippen LogP contribution in [0.4, 0.5) is 0 Å². The van der Waals surface area contributed by atoms with E-state index in [2.05, 4.69) is 18.8 Å². The lowest BCUT2D eigenvalue weighted by Gasteiger charge is -2.20. The molecule has 0 saturated heterocycles. The van der Waals surface area contributed by atoms with Crippen LogP contribution in [0.25, 0.3) is 0 Å². The molecule has 1 N–H and O–H groups in total. The molecule has 0 radical (unpaired) electrons. The van der Waals surface area contributed by atoms with Gasteiger partial charge in [0, 0.05) is 19.0 Å². The summed E-state index contributed by atoms with van der Waals surface area (Å²) in [4.78, 5) is 16.1. The Labute approximate surface area is 118 Å². The molecule has 1 aromatic heterocycles. The molecule has 3 nitrogen and oxygen atoms in total. The summed E-state index contributed by atoms with van der Waals surface area (Å²) >= 11 is 1.44. The van der Waals surface area contributed by atoms with Crippen LogP contribution in [0.5, 0.6) is 0 Å². The Morgan fingerprint density at radius 1 is 1.53 bits per heavy atom. The van der Waals surface area contributed by atoms with Gasteiger partial charge in [-0.05, 0) is 31.4 Å². The predicted octanol–water partition coefficient (Wildman–Crippen LogP) is 2.50. The number of carbonyl (C=O) groups is 1. The molecule has 0 aliphatic heterocycles. The Bertz CT molecular complexity index is 494. The number of amides is 1. The first-order valence-electron chi connectivity index (χ1n) is 6.76.